The molecule has 90 valence electrons. The Bertz CT molecular complexity index is 439. The normalized spacial score (nSPS) is 12.6. The van der Waals surface area contributed by atoms with Gasteiger partial charge in [0.05, 0.1) is 12.0 Å². The monoisotopic (exact) mass is 294 g/mol. The van der Waals surface area contributed by atoms with Crippen LogP contribution < -0.4 is 5.32 Å². The van der Waals surface area contributed by atoms with E-state index in [4.69, 9.17) is 4.42 Å². The Morgan fingerprint density at radius 3 is 2.94 bits per heavy atom. The van der Waals surface area contributed by atoms with E-state index in [-0.39, 0.29) is 0 Å². The molecule has 2 rings (SSSR count). The molecule has 2 aromatic heterocycles. The number of halogens is 1. The van der Waals surface area contributed by atoms with Gasteiger partial charge in [0.25, 0.3) is 0 Å². The first-order valence-corrected chi connectivity index (χ1v) is 6.39. The Hall–Kier alpha value is -1.13. The third kappa shape index (κ3) is 3.98. The minimum Gasteiger partial charge on any atom is -0.469 e. The van der Waals surface area contributed by atoms with Crippen molar-refractivity contribution in [3.63, 3.8) is 0 Å². The third-order valence-electron chi connectivity index (χ3n) is 2.51. The SMILES string of the molecule is CC(Cc1ccco1)NCc1ccc(Br)cn1. The van der Waals surface area contributed by atoms with E-state index in [2.05, 4.69) is 33.2 Å². The maximum Gasteiger partial charge on any atom is 0.105 e. The van der Waals surface area contributed by atoms with Crippen LogP contribution in [0, 0.1) is 0 Å². The number of hydrogen-bond donors (Lipinski definition) is 1. The van der Waals surface area contributed by atoms with Crippen LogP contribution in [-0.4, -0.2) is 11.0 Å². The molecule has 1 atom stereocenters. The van der Waals surface area contributed by atoms with Crippen molar-refractivity contribution >= 4 is 15.9 Å². The number of furan rings is 1. The number of nitrogens with one attached hydrogen (secondary N) is 1. The standard InChI is InChI=1S/C13H15BrN2O/c1-10(7-13-3-2-6-17-13)15-9-12-5-4-11(14)8-16-12/h2-6,8,10,15H,7,9H2,1H3. The van der Waals surface area contributed by atoms with E-state index in [9.17, 15) is 0 Å². The average Bonchev–Trinajstić information content (AvgIpc) is 2.81. The highest BCUT2D eigenvalue weighted by molar-refractivity contribution is 9.10. The van der Waals surface area contributed by atoms with E-state index in [1.54, 1.807) is 6.26 Å². The summed E-state index contributed by atoms with van der Waals surface area (Å²) in [5, 5.41) is 3.42. The van der Waals surface area contributed by atoms with Crippen molar-refractivity contribution in [1.29, 1.82) is 0 Å². The van der Waals surface area contributed by atoms with Crippen molar-refractivity contribution < 1.29 is 4.42 Å². The summed E-state index contributed by atoms with van der Waals surface area (Å²) in [5.74, 6) is 1.01. The average molecular weight is 295 g/mol. The van der Waals surface area contributed by atoms with Crippen LogP contribution in [0.15, 0.2) is 45.6 Å². The lowest BCUT2D eigenvalue weighted by Crippen LogP contribution is -2.27. The van der Waals surface area contributed by atoms with Crippen molar-refractivity contribution in [2.24, 2.45) is 0 Å². The Morgan fingerprint density at radius 1 is 1.41 bits per heavy atom. The molecule has 2 aromatic rings. The van der Waals surface area contributed by atoms with E-state index in [1.807, 2.05) is 30.5 Å². The van der Waals surface area contributed by atoms with Gasteiger partial charge in [-0.2, -0.15) is 0 Å². The lowest BCUT2D eigenvalue weighted by molar-refractivity contribution is 0.455. The van der Waals surface area contributed by atoms with Crippen LogP contribution in [0.4, 0.5) is 0 Å². The molecule has 0 spiro atoms. The second-order valence-electron chi connectivity index (χ2n) is 4.03. The summed E-state index contributed by atoms with van der Waals surface area (Å²) in [6.07, 6.45) is 4.41. The smallest absolute Gasteiger partial charge is 0.105 e. The van der Waals surface area contributed by atoms with Crippen molar-refractivity contribution in [2.75, 3.05) is 0 Å². The molecule has 0 saturated carbocycles. The lowest BCUT2D eigenvalue weighted by atomic mass is 10.2. The quantitative estimate of drug-likeness (QED) is 0.920. The predicted octanol–water partition coefficient (Wildman–Crippen LogP) is 3.16. The first-order valence-electron chi connectivity index (χ1n) is 5.60. The van der Waals surface area contributed by atoms with Crippen LogP contribution in [0.3, 0.4) is 0 Å². The van der Waals surface area contributed by atoms with Crippen molar-refractivity contribution in [2.45, 2.75) is 25.9 Å². The van der Waals surface area contributed by atoms with E-state index < -0.39 is 0 Å². The van der Waals surface area contributed by atoms with Crippen LogP contribution in [0.1, 0.15) is 18.4 Å². The van der Waals surface area contributed by atoms with E-state index in [1.165, 1.54) is 0 Å². The van der Waals surface area contributed by atoms with Gasteiger partial charge in [-0.05, 0) is 47.1 Å². The second kappa shape index (κ2) is 5.98. The molecule has 0 fully saturated rings. The van der Waals surface area contributed by atoms with Crippen molar-refractivity contribution in [3.8, 4) is 0 Å². The molecule has 3 nitrogen and oxygen atoms in total. The van der Waals surface area contributed by atoms with Gasteiger partial charge in [-0.1, -0.05) is 0 Å². The molecule has 17 heavy (non-hydrogen) atoms. The highest BCUT2D eigenvalue weighted by Gasteiger charge is 2.05. The maximum absolute atomic E-state index is 5.31. The fourth-order valence-corrected chi connectivity index (χ4v) is 1.83. The molecule has 0 bridgehead atoms. The fourth-order valence-electron chi connectivity index (χ4n) is 1.59. The lowest BCUT2D eigenvalue weighted by Gasteiger charge is -2.11. The van der Waals surface area contributed by atoms with Crippen molar-refractivity contribution in [3.05, 3.63) is 52.7 Å². The van der Waals surface area contributed by atoms with Gasteiger partial charge in [0.15, 0.2) is 0 Å². The summed E-state index contributed by atoms with van der Waals surface area (Å²) < 4.78 is 6.31. The first kappa shape index (κ1) is 12.3. The topological polar surface area (TPSA) is 38.1 Å². The van der Waals surface area contributed by atoms with Crippen LogP contribution in [0.5, 0.6) is 0 Å². The minimum atomic E-state index is 0.367. The van der Waals surface area contributed by atoms with E-state index in [0.29, 0.717) is 6.04 Å². The summed E-state index contributed by atoms with van der Waals surface area (Å²) in [5.41, 5.74) is 1.04. The fraction of sp³-hybridized carbons (Fsp3) is 0.308. The van der Waals surface area contributed by atoms with E-state index in [0.717, 1.165) is 28.9 Å². The summed E-state index contributed by atoms with van der Waals surface area (Å²) >= 11 is 3.37. The first-order chi connectivity index (χ1) is 8.24. The van der Waals surface area contributed by atoms with Gasteiger partial charge in [-0.3, -0.25) is 4.98 Å². The molecule has 2 heterocycles. The molecule has 0 aliphatic heterocycles. The Balaban J connectivity index is 1.79. The zero-order valence-electron chi connectivity index (χ0n) is 9.69. The largest absolute Gasteiger partial charge is 0.469 e. The maximum atomic E-state index is 5.31. The zero-order valence-corrected chi connectivity index (χ0v) is 11.3. The van der Waals surface area contributed by atoms with Crippen LogP contribution >= 0.6 is 15.9 Å². The van der Waals surface area contributed by atoms with Gasteiger partial charge in [0.1, 0.15) is 5.76 Å². The molecule has 1 unspecified atom stereocenters. The summed E-state index contributed by atoms with van der Waals surface area (Å²) in [6, 6.07) is 8.29. The third-order valence-corrected chi connectivity index (χ3v) is 2.98. The summed E-state index contributed by atoms with van der Waals surface area (Å²) in [4.78, 5) is 4.31. The molecule has 0 aliphatic carbocycles. The van der Waals surface area contributed by atoms with Gasteiger partial charge in [-0.25, -0.2) is 0 Å². The molecule has 0 amide bonds. The molecular formula is C13H15BrN2O. The molecule has 1 N–H and O–H groups in total. The number of hydrogen-bond acceptors (Lipinski definition) is 3. The second-order valence-corrected chi connectivity index (χ2v) is 4.95. The van der Waals surface area contributed by atoms with Gasteiger partial charge >= 0.3 is 0 Å². The van der Waals surface area contributed by atoms with Crippen molar-refractivity contribution in [1.82, 2.24) is 10.3 Å². The number of pyridine rings is 1. The molecular weight excluding hydrogens is 280 g/mol. The zero-order chi connectivity index (χ0) is 12.1. The molecule has 4 heteroatoms. The highest BCUT2D eigenvalue weighted by atomic mass is 79.9. The Kier molecular flexibility index (Phi) is 4.34. The van der Waals surface area contributed by atoms with Gasteiger partial charge in [0.2, 0.25) is 0 Å². The van der Waals surface area contributed by atoms with Gasteiger partial charge < -0.3 is 9.73 Å². The Labute approximate surface area is 109 Å². The molecule has 0 saturated heterocycles. The molecule has 0 aromatic carbocycles. The van der Waals surface area contributed by atoms with Gasteiger partial charge in [-0.15, -0.1) is 0 Å². The van der Waals surface area contributed by atoms with Crippen LogP contribution in [-0.2, 0) is 13.0 Å². The van der Waals surface area contributed by atoms with Crippen LogP contribution in [0.25, 0.3) is 0 Å². The summed E-state index contributed by atoms with van der Waals surface area (Å²) in [7, 11) is 0. The van der Waals surface area contributed by atoms with Crippen LogP contribution in [0.2, 0.25) is 0 Å². The minimum absolute atomic E-state index is 0.367. The molecule has 0 aliphatic rings. The Morgan fingerprint density at radius 2 is 2.29 bits per heavy atom. The number of nitrogens with zero attached hydrogens (tertiary/aromatic N) is 1. The van der Waals surface area contributed by atoms with Gasteiger partial charge in [0, 0.05) is 29.7 Å². The summed E-state index contributed by atoms with van der Waals surface area (Å²) in [6.45, 7) is 2.91. The highest BCUT2D eigenvalue weighted by Crippen LogP contribution is 2.08. The number of rotatable bonds is 5. The number of aromatic nitrogens is 1. The molecule has 0 radical (unpaired) electrons. The van der Waals surface area contributed by atoms with E-state index >= 15 is 0 Å². The predicted molar refractivity (Wildman–Crippen MR) is 70.7 cm³/mol.